The molecule has 0 spiro atoms. The van der Waals surface area contributed by atoms with Gasteiger partial charge in [0.15, 0.2) is 23.0 Å². The van der Waals surface area contributed by atoms with Crippen molar-refractivity contribution in [1.82, 2.24) is 0 Å². The van der Waals surface area contributed by atoms with Crippen molar-refractivity contribution in [1.29, 1.82) is 0 Å². The number of benzene rings is 3. The Hall–Kier alpha value is -3.12. The van der Waals surface area contributed by atoms with E-state index in [0.717, 1.165) is 44.6 Å². The Balaban J connectivity index is 1.83. The van der Waals surface area contributed by atoms with Gasteiger partial charge >= 0.3 is 0 Å². The van der Waals surface area contributed by atoms with Crippen LogP contribution in [0.1, 0.15) is 11.6 Å². The highest BCUT2D eigenvalue weighted by atomic mass is 16.7. The van der Waals surface area contributed by atoms with Gasteiger partial charge in [-0.05, 0) is 40.8 Å². The maximum absolute atomic E-state index is 10.2. The van der Waals surface area contributed by atoms with E-state index in [1.807, 2.05) is 31.3 Å². The molecule has 2 aliphatic heterocycles. The fraction of sp³-hybridized carbons (Fsp3) is 0.273. The maximum Gasteiger partial charge on any atom is 0.231 e. The molecule has 1 atom stereocenters. The number of hydrogen-bond donors (Lipinski definition) is 1. The van der Waals surface area contributed by atoms with Crippen molar-refractivity contribution < 1.29 is 24.1 Å². The summed E-state index contributed by atoms with van der Waals surface area (Å²) in [7, 11) is 5.25. The highest BCUT2D eigenvalue weighted by molar-refractivity contribution is 6.05. The van der Waals surface area contributed by atoms with Crippen molar-refractivity contribution in [3.8, 4) is 34.1 Å². The summed E-state index contributed by atoms with van der Waals surface area (Å²) in [5.41, 5.74) is 4.17. The van der Waals surface area contributed by atoms with Crippen molar-refractivity contribution in [3.63, 3.8) is 0 Å². The number of aliphatic hydroxyl groups excluding tert-OH is 1. The molecule has 1 unspecified atom stereocenters. The van der Waals surface area contributed by atoms with E-state index in [-0.39, 0.29) is 19.4 Å². The van der Waals surface area contributed by atoms with Crippen molar-refractivity contribution >= 4 is 16.5 Å². The van der Waals surface area contributed by atoms with Crippen LogP contribution in [0.4, 0.5) is 5.69 Å². The minimum Gasteiger partial charge on any atom is -0.493 e. The van der Waals surface area contributed by atoms with Crippen LogP contribution >= 0.6 is 0 Å². The van der Waals surface area contributed by atoms with Gasteiger partial charge in [0.25, 0.3) is 0 Å². The molecule has 3 aromatic rings. The lowest BCUT2D eigenvalue weighted by Crippen LogP contribution is -2.31. The van der Waals surface area contributed by atoms with Crippen molar-refractivity contribution in [2.24, 2.45) is 0 Å². The Morgan fingerprint density at radius 1 is 1.00 bits per heavy atom. The normalized spacial score (nSPS) is 16.7. The molecule has 144 valence electrons. The van der Waals surface area contributed by atoms with Gasteiger partial charge in [-0.2, -0.15) is 0 Å². The number of rotatable bonds is 3. The summed E-state index contributed by atoms with van der Waals surface area (Å²) in [5.74, 6) is 2.82. The van der Waals surface area contributed by atoms with E-state index in [4.69, 9.17) is 18.9 Å². The molecule has 3 aromatic carbocycles. The zero-order valence-electron chi connectivity index (χ0n) is 16.0. The van der Waals surface area contributed by atoms with Gasteiger partial charge in [-0.25, -0.2) is 0 Å². The lowest BCUT2D eigenvalue weighted by atomic mass is 9.86. The lowest BCUT2D eigenvalue weighted by Gasteiger charge is -2.38. The summed E-state index contributed by atoms with van der Waals surface area (Å²) in [6.45, 7) is 0.224. The highest BCUT2D eigenvalue weighted by Crippen LogP contribution is 2.51. The molecule has 6 nitrogen and oxygen atoms in total. The second-order valence-corrected chi connectivity index (χ2v) is 6.99. The molecule has 28 heavy (non-hydrogen) atoms. The highest BCUT2D eigenvalue weighted by Gasteiger charge is 2.32. The molecular formula is C22H21NO5. The van der Waals surface area contributed by atoms with Crippen LogP contribution in [-0.2, 0) is 0 Å². The minimum atomic E-state index is -0.196. The number of ether oxygens (including phenoxy) is 4. The van der Waals surface area contributed by atoms with Crippen LogP contribution in [0.5, 0.6) is 23.0 Å². The number of anilines is 1. The first-order valence-corrected chi connectivity index (χ1v) is 9.12. The number of methoxy groups -OCH3 is 2. The predicted octanol–water partition coefficient (Wildman–Crippen LogP) is 3.74. The summed E-state index contributed by atoms with van der Waals surface area (Å²) in [6, 6.07) is 12.0. The monoisotopic (exact) mass is 379 g/mol. The van der Waals surface area contributed by atoms with E-state index >= 15 is 0 Å². The molecule has 2 aliphatic rings. The van der Waals surface area contributed by atoms with Crippen LogP contribution in [0.25, 0.3) is 21.9 Å². The average molecular weight is 379 g/mol. The number of nitrogens with zero attached hydrogens (tertiary/aromatic N) is 1. The summed E-state index contributed by atoms with van der Waals surface area (Å²) in [6.07, 6.45) is 0. The maximum atomic E-state index is 10.2. The third-order valence-electron chi connectivity index (χ3n) is 5.68. The van der Waals surface area contributed by atoms with Gasteiger partial charge < -0.3 is 29.0 Å². The topological polar surface area (TPSA) is 60.4 Å². The fourth-order valence-electron chi connectivity index (χ4n) is 4.28. The van der Waals surface area contributed by atoms with E-state index in [0.29, 0.717) is 11.5 Å². The smallest absolute Gasteiger partial charge is 0.231 e. The lowest BCUT2D eigenvalue weighted by molar-refractivity contribution is 0.174. The van der Waals surface area contributed by atoms with Crippen LogP contribution in [0.3, 0.4) is 0 Å². The average Bonchev–Trinajstić information content (AvgIpc) is 3.18. The van der Waals surface area contributed by atoms with Crippen molar-refractivity contribution in [2.45, 2.75) is 6.04 Å². The number of hydrogen-bond acceptors (Lipinski definition) is 6. The summed E-state index contributed by atoms with van der Waals surface area (Å²) < 4.78 is 22.1. The van der Waals surface area contributed by atoms with E-state index in [9.17, 15) is 5.11 Å². The molecule has 0 aliphatic carbocycles. The zero-order chi connectivity index (χ0) is 19.4. The second kappa shape index (κ2) is 6.21. The molecule has 5 rings (SSSR count). The first-order chi connectivity index (χ1) is 13.7. The molecule has 0 saturated carbocycles. The molecular weight excluding hydrogens is 358 g/mol. The van der Waals surface area contributed by atoms with Crippen LogP contribution in [0, 0.1) is 0 Å². The summed E-state index contributed by atoms with van der Waals surface area (Å²) in [4.78, 5) is 2.12. The Bertz CT molecular complexity index is 1090. The second-order valence-electron chi connectivity index (χ2n) is 6.99. The standard InChI is InChI=1S/C22H21NO5/c1-23-17(10-24)16-9-19(26-3)18(25-2)8-15(16)13-5-4-12-6-20-21(28-11-27-20)7-14(12)22(13)23/h4-9,17,24H,10-11H2,1-3H3. The molecule has 2 heterocycles. The van der Waals surface area contributed by atoms with Crippen LogP contribution in [-0.4, -0.2) is 39.8 Å². The van der Waals surface area contributed by atoms with Gasteiger partial charge in [0.05, 0.1) is 32.6 Å². The van der Waals surface area contributed by atoms with Crippen LogP contribution < -0.4 is 23.8 Å². The van der Waals surface area contributed by atoms with Gasteiger partial charge in [0, 0.05) is 18.0 Å². The Morgan fingerprint density at radius 2 is 1.71 bits per heavy atom. The van der Waals surface area contributed by atoms with Gasteiger partial charge in [-0.3, -0.25) is 0 Å². The van der Waals surface area contributed by atoms with Gasteiger partial charge in [-0.15, -0.1) is 0 Å². The van der Waals surface area contributed by atoms with Crippen molar-refractivity contribution in [2.75, 3.05) is 39.6 Å². The number of likely N-dealkylation sites (N-methyl/N-ethyl adjacent to an activating group) is 1. The molecule has 0 bridgehead atoms. The molecule has 6 heteroatoms. The van der Waals surface area contributed by atoms with Crippen LogP contribution in [0.15, 0.2) is 36.4 Å². The number of fused-ring (bicyclic) bond motifs is 6. The largest absolute Gasteiger partial charge is 0.493 e. The predicted molar refractivity (Wildman–Crippen MR) is 107 cm³/mol. The zero-order valence-corrected chi connectivity index (χ0v) is 16.0. The van der Waals surface area contributed by atoms with Crippen LogP contribution in [0.2, 0.25) is 0 Å². The Kier molecular flexibility index (Phi) is 3.77. The first kappa shape index (κ1) is 17.0. The summed E-state index contributed by atoms with van der Waals surface area (Å²) >= 11 is 0. The Labute approximate surface area is 162 Å². The van der Waals surface area contributed by atoms with Gasteiger partial charge in [0.2, 0.25) is 6.79 Å². The van der Waals surface area contributed by atoms with E-state index in [1.54, 1.807) is 14.2 Å². The number of aliphatic hydroxyl groups is 1. The third-order valence-corrected chi connectivity index (χ3v) is 5.68. The minimum absolute atomic E-state index is 0.0145. The van der Waals surface area contributed by atoms with E-state index in [1.165, 1.54) is 0 Å². The molecule has 0 fully saturated rings. The molecule has 0 saturated heterocycles. The fourth-order valence-corrected chi connectivity index (χ4v) is 4.28. The molecule has 0 amide bonds. The SMILES string of the molecule is COc1cc2c(cc1OC)C(CO)N(C)c1c-2ccc2cc3c(cc12)OCO3. The quantitative estimate of drug-likeness (QED) is 0.748. The first-order valence-electron chi connectivity index (χ1n) is 9.12. The molecule has 1 N–H and O–H groups in total. The summed E-state index contributed by atoms with van der Waals surface area (Å²) in [5, 5.41) is 12.3. The van der Waals surface area contributed by atoms with Gasteiger partial charge in [0.1, 0.15) is 0 Å². The Morgan fingerprint density at radius 3 is 2.43 bits per heavy atom. The molecule has 0 radical (unpaired) electrons. The van der Waals surface area contributed by atoms with E-state index in [2.05, 4.69) is 17.0 Å². The molecule has 0 aromatic heterocycles. The van der Waals surface area contributed by atoms with Gasteiger partial charge in [-0.1, -0.05) is 12.1 Å². The third kappa shape index (κ3) is 2.24. The van der Waals surface area contributed by atoms with E-state index < -0.39 is 0 Å². The van der Waals surface area contributed by atoms with Crippen molar-refractivity contribution in [3.05, 3.63) is 42.0 Å².